The second-order valence-corrected chi connectivity index (χ2v) is 4.88. The highest BCUT2D eigenvalue weighted by atomic mass is 35.5. The quantitative estimate of drug-likeness (QED) is 0.784. The van der Waals surface area contributed by atoms with Gasteiger partial charge in [0.05, 0.1) is 23.9 Å². The molecule has 0 unspecified atom stereocenters. The highest BCUT2D eigenvalue weighted by molar-refractivity contribution is 6.31. The first kappa shape index (κ1) is 12.7. The third-order valence-corrected chi connectivity index (χ3v) is 3.66. The molecule has 1 aromatic carbocycles. The van der Waals surface area contributed by atoms with Gasteiger partial charge >= 0.3 is 0 Å². The molecule has 0 spiro atoms. The van der Waals surface area contributed by atoms with E-state index in [1.165, 1.54) is 0 Å². The van der Waals surface area contributed by atoms with Crippen LogP contribution in [0.15, 0.2) is 49.1 Å². The Hall–Kier alpha value is -2.33. The van der Waals surface area contributed by atoms with Crippen molar-refractivity contribution in [2.45, 2.75) is 6.92 Å². The zero-order valence-corrected chi connectivity index (χ0v) is 11.7. The van der Waals surface area contributed by atoms with E-state index in [1.54, 1.807) is 18.7 Å². The SMILES string of the molecule is Cc1c(Cl)cccc1-n1cncc1-c1cccnc1N. The number of benzene rings is 1. The van der Waals surface area contributed by atoms with E-state index in [9.17, 15) is 0 Å². The molecule has 0 amide bonds. The zero-order chi connectivity index (χ0) is 14.1. The van der Waals surface area contributed by atoms with Gasteiger partial charge in [-0.2, -0.15) is 0 Å². The normalized spacial score (nSPS) is 10.7. The van der Waals surface area contributed by atoms with Gasteiger partial charge in [-0.15, -0.1) is 0 Å². The number of rotatable bonds is 2. The molecule has 0 radical (unpaired) electrons. The molecule has 3 aromatic rings. The lowest BCUT2D eigenvalue weighted by atomic mass is 10.1. The third-order valence-electron chi connectivity index (χ3n) is 3.25. The van der Waals surface area contributed by atoms with Crippen LogP contribution >= 0.6 is 11.6 Å². The fraction of sp³-hybridized carbons (Fsp3) is 0.0667. The van der Waals surface area contributed by atoms with Gasteiger partial charge in [-0.25, -0.2) is 9.97 Å². The molecule has 20 heavy (non-hydrogen) atoms. The van der Waals surface area contributed by atoms with Crippen molar-refractivity contribution in [2.75, 3.05) is 5.73 Å². The number of halogens is 1. The third kappa shape index (κ3) is 2.04. The molecule has 0 aliphatic rings. The highest BCUT2D eigenvalue weighted by Crippen LogP contribution is 2.29. The van der Waals surface area contributed by atoms with E-state index in [1.807, 2.05) is 41.8 Å². The van der Waals surface area contributed by atoms with E-state index in [4.69, 9.17) is 17.3 Å². The number of anilines is 1. The summed E-state index contributed by atoms with van der Waals surface area (Å²) in [5, 5.41) is 0.723. The van der Waals surface area contributed by atoms with Gasteiger partial charge < -0.3 is 5.73 Å². The summed E-state index contributed by atoms with van der Waals surface area (Å²) in [5.74, 6) is 0.480. The van der Waals surface area contributed by atoms with Crippen LogP contribution in [0.5, 0.6) is 0 Å². The average Bonchev–Trinajstić information content (AvgIpc) is 2.91. The number of hydrogen-bond donors (Lipinski definition) is 1. The molecule has 100 valence electrons. The van der Waals surface area contributed by atoms with Crippen molar-refractivity contribution in [1.82, 2.24) is 14.5 Å². The van der Waals surface area contributed by atoms with Crippen molar-refractivity contribution < 1.29 is 0 Å². The molecule has 0 aliphatic heterocycles. The molecule has 0 saturated heterocycles. The van der Waals surface area contributed by atoms with E-state index in [2.05, 4.69) is 9.97 Å². The Kier molecular flexibility index (Phi) is 3.16. The molecule has 5 heteroatoms. The van der Waals surface area contributed by atoms with Crippen molar-refractivity contribution in [1.29, 1.82) is 0 Å². The van der Waals surface area contributed by atoms with Crippen molar-refractivity contribution in [2.24, 2.45) is 0 Å². The van der Waals surface area contributed by atoms with Gasteiger partial charge in [0.2, 0.25) is 0 Å². The van der Waals surface area contributed by atoms with Crippen LogP contribution in [-0.4, -0.2) is 14.5 Å². The summed E-state index contributed by atoms with van der Waals surface area (Å²) in [7, 11) is 0. The smallest absolute Gasteiger partial charge is 0.132 e. The Bertz CT molecular complexity index is 764. The average molecular weight is 285 g/mol. The minimum absolute atomic E-state index is 0.480. The molecular weight excluding hydrogens is 272 g/mol. The van der Waals surface area contributed by atoms with Crippen molar-refractivity contribution in [3.05, 3.63) is 59.6 Å². The van der Waals surface area contributed by atoms with Gasteiger partial charge in [0.15, 0.2) is 0 Å². The fourth-order valence-electron chi connectivity index (χ4n) is 2.18. The maximum absolute atomic E-state index is 6.19. The Balaban J connectivity index is 2.21. The summed E-state index contributed by atoms with van der Waals surface area (Å²) < 4.78 is 1.97. The zero-order valence-electron chi connectivity index (χ0n) is 10.9. The van der Waals surface area contributed by atoms with Gasteiger partial charge in [0.1, 0.15) is 5.82 Å². The minimum atomic E-state index is 0.480. The summed E-state index contributed by atoms with van der Waals surface area (Å²) in [6.45, 7) is 1.98. The van der Waals surface area contributed by atoms with Crippen molar-refractivity contribution in [3.63, 3.8) is 0 Å². The number of nitrogen functional groups attached to an aromatic ring is 1. The van der Waals surface area contributed by atoms with E-state index >= 15 is 0 Å². The van der Waals surface area contributed by atoms with E-state index in [0.717, 1.165) is 27.5 Å². The van der Waals surface area contributed by atoms with Crippen LogP contribution < -0.4 is 5.73 Å². The molecule has 0 bridgehead atoms. The first-order valence-corrected chi connectivity index (χ1v) is 6.55. The lowest BCUT2D eigenvalue weighted by Gasteiger charge is -2.12. The molecule has 2 heterocycles. The second kappa shape index (κ2) is 4.98. The molecule has 0 aliphatic carbocycles. The standard InChI is InChI=1S/C15H13ClN4/c1-10-12(16)5-2-6-13(10)20-9-18-8-14(20)11-4-3-7-19-15(11)17/h2-9H,1H3,(H2,17,19). The number of pyridine rings is 1. The number of hydrogen-bond acceptors (Lipinski definition) is 3. The van der Waals surface area contributed by atoms with Crippen LogP contribution in [0.1, 0.15) is 5.56 Å². The Labute approximate surface area is 121 Å². The largest absolute Gasteiger partial charge is 0.383 e. The van der Waals surface area contributed by atoms with Gasteiger partial charge in [0.25, 0.3) is 0 Å². The lowest BCUT2D eigenvalue weighted by molar-refractivity contribution is 1.04. The van der Waals surface area contributed by atoms with Gasteiger partial charge in [0, 0.05) is 16.8 Å². The van der Waals surface area contributed by atoms with Gasteiger partial charge in [-0.1, -0.05) is 17.7 Å². The molecule has 2 N–H and O–H groups in total. The second-order valence-electron chi connectivity index (χ2n) is 4.47. The van der Waals surface area contributed by atoms with Crippen LogP contribution in [0.2, 0.25) is 5.02 Å². The van der Waals surface area contributed by atoms with Crippen LogP contribution in [-0.2, 0) is 0 Å². The Morgan fingerprint density at radius 1 is 1.20 bits per heavy atom. The molecule has 0 atom stereocenters. The number of nitrogens with two attached hydrogens (primary N) is 1. The predicted octanol–water partition coefficient (Wildman–Crippen LogP) is 3.48. The lowest BCUT2D eigenvalue weighted by Crippen LogP contribution is -2.01. The van der Waals surface area contributed by atoms with Gasteiger partial charge in [-0.05, 0) is 36.8 Å². The molecular formula is C15H13ClN4. The van der Waals surface area contributed by atoms with Crippen LogP contribution in [0.3, 0.4) is 0 Å². The maximum atomic E-state index is 6.19. The predicted molar refractivity (Wildman–Crippen MR) is 81.0 cm³/mol. The molecule has 3 rings (SSSR count). The van der Waals surface area contributed by atoms with E-state index in [-0.39, 0.29) is 0 Å². The molecule has 4 nitrogen and oxygen atoms in total. The Morgan fingerprint density at radius 2 is 2.05 bits per heavy atom. The van der Waals surface area contributed by atoms with Crippen molar-refractivity contribution >= 4 is 17.4 Å². The topological polar surface area (TPSA) is 56.7 Å². The summed E-state index contributed by atoms with van der Waals surface area (Å²) in [5.41, 5.74) is 9.67. The summed E-state index contributed by atoms with van der Waals surface area (Å²) >= 11 is 6.19. The van der Waals surface area contributed by atoms with E-state index in [0.29, 0.717) is 5.82 Å². The van der Waals surface area contributed by atoms with Crippen molar-refractivity contribution in [3.8, 4) is 16.9 Å². The Morgan fingerprint density at radius 3 is 2.85 bits per heavy atom. The highest BCUT2D eigenvalue weighted by Gasteiger charge is 2.12. The van der Waals surface area contributed by atoms with E-state index < -0.39 is 0 Å². The fourth-order valence-corrected chi connectivity index (χ4v) is 2.35. The number of imidazole rings is 1. The first-order chi connectivity index (χ1) is 9.68. The summed E-state index contributed by atoms with van der Waals surface area (Å²) in [6.07, 6.45) is 5.19. The van der Waals surface area contributed by atoms with Crippen LogP contribution in [0.25, 0.3) is 16.9 Å². The molecule has 0 fully saturated rings. The van der Waals surface area contributed by atoms with Crippen LogP contribution in [0.4, 0.5) is 5.82 Å². The monoisotopic (exact) mass is 284 g/mol. The number of nitrogens with zero attached hydrogens (tertiary/aromatic N) is 3. The maximum Gasteiger partial charge on any atom is 0.132 e. The summed E-state index contributed by atoms with van der Waals surface area (Å²) in [4.78, 5) is 8.34. The summed E-state index contributed by atoms with van der Waals surface area (Å²) in [6, 6.07) is 9.57. The minimum Gasteiger partial charge on any atom is -0.383 e. The number of aromatic nitrogens is 3. The molecule has 2 aromatic heterocycles. The van der Waals surface area contributed by atoms with Crippen LogP contribution in [0, 0.1) is 6.92 Å². The first-order valence-electron chi connectivity index (χ1n) is 6.17. The van der Waals surface area contributed by atoms with Gasteiger partial charge in [-0.3, -0.25) is 4.57 Å². The molecule has 0 saturated carbocycles.